The van der Waals surface area contributed by atoms with Crippen molar-refractivity contribution in [2.24, 2.45) is 0 Å². The third-order valence-electron chi connectivity index (χ3n) is 25.2. The highest BCUT2D eigenvalue weighted by Gasteiger charge is 2.23. The van der Waals surface area contributed by atoms with Gasteiger partial charge in [0.25, 0.3) is 0 Å². The molecule has 0 radical (unpaired) electrons. The third kappa shape index (κ3) is 22.3. The van der Waals surface area contributed by atoms with Gasteiger partial charge in [-0.3, -0.25) is 9.97 Å². The average Bonchev–Trinajstić information content (AvgIpc) is 0.753. The van der Waals surface area contributed by atoms with E-state index in [9.17, 15) is 10.0 Å². The Hall–Kier alpha value is -17.3. The summed E-state index contributed by atoms with van der Waals surface area (Å²) in [6.07, 6.45) is 3.55. The second-order valence-electron chi connectivity index (χ2n) is 34.8. The predicted molar refractivity (Wildman–Crippen MR) is 612 cm³/mol. The molecule has 147 heavy (non-hydrogen) atoms. The van der Waals surface area contributed by atoms with E-state index in [0.717, 1.165) is 135 Å². The highest BCUT2D eigenvalue weighted by molar-refractivity contribution is 9.11. The molecule has 4 N–H and O–H groups in total. The van der Waals surface area contributed by atoms with Gasteiger partial charge in [0.2, 0.25) is 0 Å². The van der Waals surface area contributed by atoms with E-state index in [1.807, 2.05) is 310 Å². The normalized spacial score (nSPS) is 11.0. The Kier molecular flexibility index (Phi) is 29.1. The van der Waals surface area contributed by atoms with Crippen LogP contribution in [0.3, 0.4) is 0 Å². The van der Waals surface area contributed by atoms with Crippen molar-refractivity contribution in [2.75, 3.05) is 0 Å². The molecule has 20 aromatic carbocycles. The SMILES string of the molecule is Brc1cc(-c2nc(-c3ccccc3)nc(-c3ccccc3)n2)cc(-c2cc3ccccc3c3ccccc23)c1.Brc1cc(Br)cc(-c2nc(-c3ccccc3)nc(-c3ccccc3)n2)c1.OB(O)c1cc2ccccc2c2ccccc12.OB(O)c1ccc(-c2ccccn2)cc1.c1ccc(-c2nc(-c3ccccc3)nc(-c3cc(-c4ccc(-c5ccccn5)cc4)cc(-c4cc5ccccc5c5ccccc45)c3)n2)cc1. The summed E-state index contributed by atoms with van der Waals surface area (Å²) in [6.45, 7) is 0. The molecule has 20 heteroatoms. The molecule has 0 amide bonds. The van der Waals surface area contributed by atoms with Gasteiger partial charge >= 0.3 is 14.2 Å². The van der Waals surface area contributed by atoms with Crippen molar-refractivity contribution < 1.29 is 20.1 Å². The third-order valence-corrected chi connectivity index (χ3v) is 26.5. The molecule has 0 spiro atoms. The monoisotopic (exact) mass is 2090 g/mol. The van der Waals surface area contributed by atoms with Crippen molar-refractivity contribution in [2.45, 2.75) is 0 Å². The Balaban J connectivity index is 0.000000116. The van der Waals surface area contributed by atoms with E-state index in [-0.39, 0.29) is 0 Å². The van der Waals surface area contributed by atoms with Crippen molar-refractivity contribution in [1.29, 1.82) is 0 Å². The van der Waals surface area contributed by atoms with Crippen molar-refractivity contribution in [3.63, 3.8) is 0 Å². The molecule has 0 aliphatic heterocycles. The molecule has 25 aromatic rings. The number of rotatable bonds is 16. The van der Waals surface area contributed by atoms with Crippen LogP contribution in [0, 0.1) is 0 Å². The van der Waals surface area contributed by atoms with Crippen LogP contribution in [0.5, 0.6) is 0 Å². The van der Waals surface area contributed by atoms with Crippen molar-refractivity contribution in [3.8, 4) is 158 Å². The second kappa shape index (κ2) is 44.7. The molecule has 0 fully saturated rings. The van der Waals surface area contributed by atoms with Crippen molar-refractivity contribution >= 4 is 138 Å². The minimum absolute atomic E-state index is 0.481. The fourth-order valence-electron chi connectivity index (χ4n) is 18.1. The first-order valence-corrected chi connectivity index (χ1v) is 50.1. The van der Waals surface area contributed by atoms with E-state index in [0.29, 0.717) is 63.3 Å². The molecule has 15 nitrogen and oxygen atoms in total. The maximum atomic E-state index is 9.44. The molecule has 0 atom stereocenters. The Morgan fingerprint density at radius 2 is 0.408 bits per heavy atom. The Labute approximate surface area is 875 Å². The molecule has 0 aliphatic carbocycles. The molecular formula is C127H86B2Br3N11O4. The molecule has 0 saturated heterocycles. The number of hydrogen-bond acceptors (Lipinski definition) is 15. The van der Waals surface area contributed by atoms with Crippen LogP contribution in [0.1, 0.15) is 0 Å². The minimum Gasteiger partial charge on any atom is -0.423 e. The maximum absolute atomic E-state index is 9.44. The van der Waals surface area contributed by atoms with Gasteiger partial charge in [0.15, 0.2) is 52.4 Å². The number of fused-ring (bicyclic) bond motifs is 9. The largest absolute Gasteiger partial charge is 0.489 e. The van der Waals surface area contributed by atoms with Crippen LogP contribution in [0.25, 0.3) is 223 Å². The quantitative estimate of drug-likeness (QED) is 0.0522. The predicted octanol–water partition coefficient (Wildman–Crippen LogP) is 29.7. The van der Waals surface area contributed by atoms with E-state index < -0.39 is 14.2 Å². The summed E-state index contributed by atoms with van der Waals surface area (Å²) in [5.74, 6) is 5.78. The molecule has 0 unspecified atom stereocenters. The number of halogens is 3. The van der Waals surface area contributed by atoms with Gasteiger partial charge in [-0.05, 0) is 200 Å². The van der Waals surface area contributed by atoms with E-state index >= 15 is 0 Å². The molecule has 0 saturated carbocycles. The van der Waals surface area contributed by atoms with Crippen molar-refractivity contribution in [3.05, 3.63) is 511 Å². The topological polar surface area (TPSA) is 223 Å². The van der Waals surface area contributed by atoms with Crippen LogP contribution in [0.4, 0.5) is 0 Å². The summed E-state index contributed by atoms with van der Waals surface area (Å²) in [7, 11) is -2.85. The van der Waals surface area contributed by atoms with Gasteiger partial charge in [-0.2, -0.15) is 0 Å². The zero-order valence-electron chi connectivity index (χ0n) is 78.8. The van der Waals surface area contributed by atoms with Crippen LogP contribution >= 0.6 is 47.8 Å². The maximum Gasteiger partial charge on any atom is 0.489 e. The lowest BCUT2D eigenvalue weighted by atomic mass is 9.76. The Bertz CT molecular complexity index is 8820. The van der Waals surface area contributed by atoms with Gasteiger partial charge in [0.05, 0.1) is 11.4 Å². The standard InChI is InChI=1S/C46H30N4.C35H22BrN3.C21H13Br2N3.C14H11BO2.C11H10BNO2/c1-3-13-33(14-4-1)44-48-45(34-15-5-2-6-16-34)50-46(49-44)38-28-36(31-22-24-32(25-23-31)43-21-11-12-26-47-43)27-37(29-38)42-30-35-17-7-8-18-39(35)40-19-9-10-20-41(40)42;36-28-20-26(32-22-25-15-7-8-16-29(25)30-17-9-10-18-31(30)32)19-27(21-28)35-38-33(23-11-3-1-4-12-23)37-34(39-35)24-13-5-2-6-14-24;22-17-11-16(12-18(23)13-17)21-25-19(14-7-3-1-4-8-14)24-20(26-21)15-9-5-2-6-10-15;16-15(17)14-9-10-5-1-2-6-11(10)12-7-3-4-8-13(12)14;14-12(15)10-6-4-9(5-7-10)11-3-1-2-8-13-11/h1-30H;1-22H;1-13H;1-9,16-17H;1-8,14-15H. The van der Waals surface area contributed by atoms with Crippen LogP contribution < -0.4 is 10.9 Å². The Morgan fingerprint density at radius 1 is 0.163 bits per heavy atom. The van der Waals surface area contributed by atoms with E-state index in [1.165, 1.54) is 48.7 Å². The van der Waals surface area contributed by atoms with Crippen LogP contribution in [-0.4, -0.2) is 89.2 Å². The lowest BCUT2D eigenvalue weighted by Gasteiger charge is -2.15. The molecule has 0 aliphatic rings. The number of pyridine rings is 2. The van der Waals surface area contributed by atoms with Crippen molar-refractivity contribution in [1.82, 2.24) is 54.8 Å². The summed E-state index contributed by atoms with van der Waals surface area (Å²) in [4.78, 5) is 52.8. The summed E-state index contributed by atoms with van der Waals surface area (Å²) in [5, 5.41) is 50.6. The van der Waals surface area contributed by atoms with Crippen LogP contribution in [0.2, 0.25) is 0 Å². The molecule has 25 rings (SSSR count). The molecule has 0 bridgehead atoms. The number of nitrogens with zero attached hydrogens (tertiary/aromatic N) is 11. The van der Waals surface area contributed by atoms with Crippen LogP contribution in [0.15, 0.2) is 511 Å². The summed E-state index contributed by atoms with van der Waals surface area (Å²) in [5.41, 5.74) is 20.1. The number of aromatic nitrogens is 11. The van der Waals surface area contributed by atoms with Gasteiger partial charge in [-0.1, -0.05) is 442 Å². The summed E-state index contributed by atoms with van der Waals surface area (Å²) in [6, 6.07) is 163. The average molecular weight is 2090 g/mol. The number of hydrogen-bond donors (Lipinski definition) is 4. The van der Waals surface area contributed by atoms with E-state index in [4.69, 9.17) is 54.9 Å². The van der Waals surface area contributed by atoms with Crippen LogP contribution in [-0.2, 0) is 0 Å². The van der Waals surface area contributed by atoms with E-state index in [1.54, 1.807) is 18.3 Å². The lowest BCUT2D eigenvalue weighted by molar-refractivity contribution is 0.424. The van der Waals surface area contributed by atoms with Gasteiger partial charge in [-0.15, -0.1) is 0 Å². The molecule has 5 heterocycles. The highest BCUT2D eigenvalue weighted by atomic mass is 79.9. The zero-order chi connectivity index (χ0) is 99.9. The minimum atomic E-state index is -1.44. The van der Waals surface area contributed by atoms with E-state index in [2.05, 4.69) is 228 Å². The second-order valence-corrected chi connectivity index (χ2v) is 37.5. The smallest absolute Gasteiger partial charge is 0.423 e. The lowest BCUT2D eigenvalue weighted by Crippen LogP contribution is -2.30. The van der Waals surface area contributed by atoms with Gasteiger partial charge in [0, 0.05) is 87.0 Å². The van der Waals surface area contributed by atoms with Gasteiger partial charge in [-0.25, -0.2) is 44.9 Å². The first-order chi connectivity index (χ1) is 72.2. The molecular weight excluding hydrogens is 2000 g/mol. The fourth-order valence-corrected chi connectivity index (χ4v) is 19.8. The molecule has 700 valence electrons. The van der Waals surface area contributed by atoms with Gasteiger partial charge < -0.3 is 20.1 Å². The Morgan fingerprint density at radius 3 is 0.748 bits per heavy atom. The first kappa shape index (κ1) is 95.9. The summed E-state index contributed by atoms with van der Waals surface area (Å²) < 4.78 is 2.89. The summed E-state index contributed by atoms with van der Waals surface area (Å²) >= 11 is 10.8. The molecule has 5 aromatic heterocycles. The highest BCUT2D eigenvalue weighted by Crippen LogP contribution is 2.43. The zero-order valence-corrected chi connectivity index (χ0v) is 83.6. The number of benzene rings is 20. The van der Waals surface area contributed by atoms with Gasteiger partial charge in [0.1, 0.15) is 0 Å². The first-order valence-electron chi connectivity index (χ1n) is 47.7. The fraction of sp³-hybridized carbons (Fsp3) is 0.